The predicted molar refractivity (Wildman–Crippen MR) is 197 cm³/mol. The van der Waals surface area contributed by atoms with E-state index in [1.807, 2.05) is 63.2 Å². The van der Waals surface area contributed by atoms with E-state index in [1.54, 1.807) is 36.4 Å². The van der Waals surface area contributed by atoms with Crippen molar-refractivity contribution in [3.8, 4) is 22.7 Å². The van der Waals surface area contributed by atoms with E-state index in [-0.39, 0.29) is 24.9 Å². The third-order valence-corrected chi connectivity index (χ3v) is 8.92. The first-order valence-electron chi connectivity index (χ1n) is 18.0. The SMILES string of the molecule is CC(C)(C)OC(=O)N1CC(OC(=O)c2cc(-c3ccc(N4CCOCC4)cc3)c3c(OC4CN(C(=O)OC(C)(C)C)C4)nn(-c4ccccc4)c3n2)C1. The Labute approximate surface area is 308 Å². The van der Waals surface area contributed by atoms with Gasteiger partial charge in [0.05, 0.1) is 50.5 Å². The maximum absolute atomic E-state index is 13.8. The fourth-order valence-corrected chi connectivity index (χ4v) is 6.27. The van der Waals surface area contributed by atoms with Crippen molar-refractivity contribution in [2.24, 2.45) is 0 Å². The van der Waals surface area contributed by atoms with Gasteiger partial charge in [0.2, 0.25) is 5.88 Å². The fraction of sp³-hybridized carbons (Fsp3) is 0.462. The molecule has 0 saturated carbocycles. The number of amides is 2. The monoisotopic (exact) mass is 726 g/mol. The summed E-state index contributed by atoms with van der Waals surface area (Å²) in [5.74, 6) is -0.299. The van der Waals surface area contributed by atoms with Crippen LogP contribution in [0, 0.1) is 0 Å². The normalized spacial score (nSPS) is 16.9. The molecule has 0 radical (unpaired) electrons. The van der Waals surface area contributed by atoms with Crippen LogP contribution in [0.15, 0.2) is 60.7 Å². The first-order chi connectivity index (χ1) is 25.2. The lowest BCUT2D eigenvalue weighted by Gasteiger charge is -2.39. The second-order valence-corrected chi connectivity index (χ2v) is 15.5. The van der Waals surface area contributed by atoms with Gasteiger partial charge in [-0.3, -0.25) is 0 Å². The molecule has 53 heavy (non-hydrogen) atoms. The fourth-order valence-electron chi connectivity index (χ4n) is 6.27. The summed E-state index contributed by atoms with van der Waals surface area (Å²) < 4.78 is 30.6. The number of hydrogen-bond donors (Lipinski definition) is 0. The lowest BCUT2D eigenvalue weighted by Crippen LogP contribution is -2.57. The van der Waals surface area contributed by atoms with Gasteiger partial charge in [-0.1, -0.05) is 30.3 Å². The van der Waals surface area contributed by atoms with Crippen molar-refractivity contribution in [1.82, 2.24) is 24.6 Å². The van der Waals surface area contributed by atoms with Gasteiger partial charge < -0.3 is 38.4 Å². The smallest absolute Gasteiger partial charge is 0.410 e. The highest BCUT2D eigenvalue weighted by Crippen LogP contribution is 2.38. The number of hydrogen-bond acceptors (Lipinski definition) is 11. The average Bonchev–Trinajstić information content (AvgIpc) is 3.44. The van der Waals surface area contributed by atoms with Crippen LogP contribution in [0.4, 0.5) is 15.3 Å². The first-order valence-corrected chi connectivity index (χ1v) is 18.0. The standard InChI is InChI=1S/C39H46N6O8/c1-38(2,3)52-36(47)43-21-28(22-43)50-34-32-30(25-12-14-26(15-13-25)42-16-18-49-19-17-42)20-31(40-33(32)45(41-34)27-10-8-7-9-11-27)35(46)51-29-23-44(24-29)37(48)53-39(4,5)6/h7-15,20,28-29H,16-19,21-24H2,1-6H3. The van der Waals surface area contributed by atoms with Gasteiger partial charge in [0, 0.05) is 24.3 Å². The Kier molecular flexibility index (Phi) is 9.66. The molecule has 4 aromatic rings. The van der Waals surface area contributed by atoms with Gasteiger partial charge in [-0.2, -0.15) is 0 Å². The van der Waals surface area contributed by atoms with Crippen LogP contribution < -0.4 is 9.64 Å². The van der Waals surface area contributed by atoms with Gasteiger partial charge in [-0.05, 0) is 77.4 Å². The van der Waals surface area contributed by atoms with E-state index in [4.69, 9.17) is 33.8 Å². The average molecular weight is 727 g/mol. The van der Waals surface area contributed by atoms with E-state index in [0.717, 1.165) is 30.0 Å². The molecule has 0 aliphatic carbocycles. The van der Waals surface area contributed by atoms with Crippen LogP contribution in [0.25, 0.3) is 27.8 Å². The summed E-state index contributed by atoms with van der Waals surface area (Å²) >= 11 is 0. The van der Waals surface area contributed by atoms with Crippen molar-refractivity contribution in [1.29, 1.82) is 0 Å². The molecule has 3 saturated heterocycles. The van der Waals surface area contributed by atoms with E-state index in [0.29, 0.717) is 48.8 Å². The number of carbonyl (C=O) groups excluding carboxylic acids is 3. The molecule has 280 valence electrons. The van der Waals surface area contributed by atoms with E-state index < -0.39 is 35.5 Å². The summed E-state index contributed by atoms with van der Waals surface area (Å²) in [6.07, 6.45) is -1.69. The second kappa shape index (κ2) is 14.2. The van der Waals surface area contributed by atoms with Crippen LogP contribution in [-0.4, -0.2) is 119 Å². The number of likely N-dealkylation sites (tertiary alicyclic amines) is 2. The summed E-state index contributed by atoms with van der Waals surface area (Å²) in [4.78, 5) is 49.1. The van der Waals surface area contributed by atoms with Gasteiger partial charge in [-0.25, -0.2) is 24.0 Å². The van der Waals surface area contributed by atoms with E-state index in [9.17, 15) is 14.4 Å². The molecule has 3 fully saturated rings. The van der Waals surface area contributed by atoms with Crippen molar-refractivity contribution < 1.29 is 38.1 Å². The van der Waals surface area contributed by atoms with Crippen LogP contribution in [0.5, 0.6) is 5.88 Å². The molecular formula is C39H46N6O8. The van der Waals surface area contributed by atoms with Crippen LogP contribution in [-0.2, 0) is 18.9 Å². The Balaban J connectivity index is 1.23. The van der Waals surface area contributed by atoms with Crippen LogP contribution in [0.2, 0.25) is 0 Å². The minimum atomic E-state index is -0.630. The molecule has 0 atom stereocenters. The van der Waals surface area contributed by atoms with Crippen LogP contribution in [0.3, 0.4) is 0 Å². The minimum Gasteiger partial charge on any atom is -0.469 e. The summed E-state index contributed by atoms with van der Waals surface area (Å²) in [6.45, 7) is 14.9. The molecule has 14 nitrogen and oxygen atoms in total. The number of para-hydroxylation sites is 1. The van der Waals surface area contributed by atoms with Gasteiger partial charge in [0.1, 0.15) is 23.4 Å². The molecular weight excluding hydrogens is 680 g/mol. The third-order valence-electron chi connectivity index (χ3n) is 8.92. The highest BCUT2D eigenvalue weighted by molar-refractivity contribution is 6.02. The first kappa shape index (κ1) is 36.0. The number of anilines is 1. The zero-order chi connectivity index (χ0) is 37.5. The Hall–Kier alpha value is -5.37. The summed E-state index contributed by atoms with van der Waals surface area (Å²) in [6, 6.07) is 19.3. The number of carbonyl (C=O) groups is 3. The maximum Gasteiger partial charge on any atom is 0.410 e. The molecule has 5 heterocycles. The Bertz CT molecular complexity index is 1970. The molecule has 0 N–H and O–H groups in total. The van der Waals surface area contributed by atoms with Gasteiger partial charge in [0.25, 0.3) is 0 Å². The topological polar surface area (TPSA) is 138 Å². The van der Waals surface area contributed by atoms with E-state index >= 15 is 0 Å². The molecule has 14 heteroatoms. The van der Waals surface area contributed by atoms with Gasteiger partial charge >= 0.3 is 18.2 Å². The second-order valence-electron chi connectivity index (χ2n) is 15.5. The molecule has 0 spiro atoms. The number of aromatic nitrogens is 3. The number of morpholine rings is 1. The predicted octanol–water partition coefficient (Wildman–Crippen LogP) is 5.70. The van der Waals surface area contributed by atoms with Gasteiger partial charge in [-0.15, -0.1) is 5.10 Å². The van der Waals surface area contributed by atoms with Crippen LogP contribution >= 0.6 is 0 Å². The largest absolute Gasteiger partial charge is 0.469 e. The molecule has 0 bridgehead atoms. The Morgan fingerprint density at radius 2 is 1.34 bits per heavy atom. The summed E-state index contributed by atoms with van der Waals surface area (Å²) in [5.41, 5.74) is 2.54. The van der Waals surface area contributed by atoms with Crippen molar-refractivity contribution >= 4 is 34.9 Å². The molecule has 2 aromatic carbocycles. The van der Waals surface area contributed by atoms with Crippen molar-refractivity contribution in [2.45, 2.75) is 65.0 Å². The molecule has 3 aliphatic heterocycles. The van der Waals surface area contributed by atoms with Crippen molar-refractivity contribution in [2.75, 3.05) is 57.4 Å². The molecule has 0 unspecified atom stereocenters. The number of pyridine rings is 1. The van der Waals surface area contributed by atoms with Gasteiger partial charge in [0.15, 0.2) is 11.3 Å². The van der Waals surface area contributed by atoms with Crippen molar-refractivity contribution in [3.63, 3.8) is 0 Å². The highest BCUT2D eigenvalue weighted by atomic mass is 16.6. The third kappa shape index (κ3) is 8.17. The molecule has 2 amide bonds. The number of benzene rings is 2. The van der Waals surface area contributed by atoms with Crippen molar-refractivity contribution in [3.05, 3.63) is 66.4 Å². The number of rotatable bonds is 7. The number of nitrogens with zero attached hydrogens (tertiary/aromatic N) is 6. The quantitative estimate of drug-likeness (QED) is 0.171. The van der Waals surface area contributed by atoms with Crippen LogP contribution in [0.1, 0.15) is 52.0 Å². The lowest BCUT2D eigenvalue weighted by atomic mass is 10.0. The maximum atomic E-state index is 13.8. The molecule has 2 aromatic heterocycles. The van der Waals surface area contributed by atoms with E-state index in [1.165, 1.54) is 4.90 Å². The zero-order valence-electron chi connectivity index (χ0n) is 31.0. The number of ether oxygens (including phenoxy) is 5. The Morgan fingerprint density at radius 3 is 1.92 bits per heavy atom. The minimum absolute atomic E-state index is 0.0869. The highest BCUT2D eigenvalue weighted by Gasteiger charge is 2.38. The summed E-state index contributed by atoms with van der Waals surface area (Å²) in [5, 5.41) is 5.51. The molecule has 3 aliphatic rings. The summed E-state index contributed by atoms with van der Waals surface area (Å²) in [7, 11) is 0. The van der Waals surface area contributed by atoms with E-state index in [2.05, 4.69) is 17.0 Å². The zero-order valence-corrected chi connectivity index (χ0v) is 31.0. The molecule has 7 rings (SSSR count). The lowest BCUT2D eigenvalue weighted by molar-refractivity contribution is -0.0454. The number of esters is 1. The Morgan fingerprint density at radius 1 is 0.755 bits per heavy atom. The number of fused-ring (bicyclic) bond motifs is 1.